The Kier molecular flexibility index (Phi) is 3.24. The Labute approximate surface area is 80.1 Å². The van der Waals surface area contributed by atoms with E-state index in [1.54, 1.807) is 0 Å². The van der Waals surface area contributed by atoms with Gasteiger partial charge in [0.2, 0.25) is 0 Å². The summed E-state index contributed by atoms with van der Waals surface area (Å²) in [5.41, 5.74) is 5.59. The Morgan fingerprint density at radius 2 is 2.29 bits per heavy atom. The van der Waals surface area contributed by atoms with Gasteiger partial charge in [0.1, 0.15) is 12.4 Å². The van der Waals surface area contributed by atoms with E-state index in [9.17, 15) is 10.1 Å². The maximum absolute atomic E-state index is 10.3. The van der Waals surface area contributed by atoms with Crippen molar-refractivity contribution in [2.45, 2.75) is 0 Å². The fourth-order valence-electron chi connectivity index (χ4n) is 0.936. The minimum atomic E-state index is -0.536. The first-order valence-corrected chi connectivity index (χ1v) is 3.92. The van der Waals surface area contributed by atoms with Gasteiger partial charge in [0.25, 0.3) is 5.69 Å². The van der Waals surface area contributed by atoms with Gasteiger partial charge in [-0.3, -0.25) is 10.1 Å². The molecule has 0 aliphatic carbocycles. The van der Waals surface area contributed by atoms with Gasteiger partial charge in [-0.2, -0.15) is 0 Å². The molecule has 0 amide bonds. The van der Waals surface area contributed by atoms with E-state index >= 15 is 0 Å². The van der Waals surface area contributed by atoms with Crippen LogP contribution in [0.5, 0.6) is 5.75 Å². The van der Waals surface area contributed by atoms with E-state index in [4.69, 9.17) is 15.6 Å². The number of rotatable bonds is 4. The number of aliphatic hydroxyl groups excluding tert-OH is 1. The van der Waals surface area contributed by atoms with Crippen molar-refractivity contribution in [3.63, 3.8) is 0 Å². The van der Waals surface area contributed by atoms with Gasteiger partial charge in [-0.25, -0.2) is 0 Å². The molecule has 0 fully saturated rings. The van der Waals surface area contributed by atoms with E-state index in [0.717, 1.165) is 0 Å². The van der Waals surface area contributed by atoms with Crippen LogP contribution in [0, 0.1) is 10.1 Å². The minimum Gasteiger partial charge on any atom is -0.489 e. The van der Waals surface area contributed by atoms with Crippen LogP contribution in [0.15, 0.2) is 18.2 Å². The smallest absolute Gasteiger partial charge is 0.271 e. The Bertz CT molecular complexity index is 340. The largest absolute Gasteiger partial charge is 0.489 e. The lowest BCUT2D eigenvalue weighted by molar-refractivity contribution is -0.384. The molecule has 0 heterocycles. The molecule has 14 heavy (non-hydrogen) atoms. The Hall–Kier alpha value is -1.82. The number of non-ortho nitro benzene ring substituents is 1. The van der Waals surface area contributed by atoms with Gasteiger partial charge in [0.15, 0.2) is 0 Å². The SMILES string of the molecule is Nc1cc([N+](=O)[O-])ccc1OCCO. The minimum absolute atomic E-state index is 0.0844. The number of aliphatic hydroxyl groups is 1. The summed E-state index contributed by atoms with van der Waals surface area (Å²) in [7, 11) is 0. The molecule has 0 bridgehead atoms. The maximum Gasteiger partial charge on any atom is 0.271 e. The predicted molar refractivity (Wildman–Crippen MR) is 50.1 cm³/mol. The third kappa shape index (κ3) is 2.33. The van der Waals surface area contributed by atoms with Crippen LogP contribution >= 0.6 is 0 Å². The molecular formula is C8H10N2O4. The van der Waals surface area contributed by atoms with Crippen LogP contribution in [0.2, 0.25) is 0 Å². The molecule has 0 spiro atoms. The predicted octanol–water partition coefficient (Wildman–Crippen LogP) is 0.548. The number of nitrogens with zero attached hydrogens (tertiary/aromatic N) is 1. The number of benzene rings is 1. The fraction of sp³-hybridized carbons (Fsp3) is 0.250. The normalized spacial score (nSPS) is 9.79. The zero-order valence-electron chi connectivity index (χ0n) is 7.34. The summed E-state index contributed by atoms with van der Waals surface area (Å²) in [5.74, 6) is 0.338. The average Bonchev–Trinajstić information content (AvgIpc) is 2.15. The van der Waals surface area contributed by atoms with Crippen molar-refractivity contribution in [3.05, 3.63) is 28.3 Å². The molecule has 0 saturated carbocycles. The van der Waals surface area contributed by atoms with E-state index in [1.165, 1.54) is 18.2 Å². The molecule has 0 atom stereocenters. The first-order valence-electron chi connectivity index (χ1n) is 3.92. The van der Waals surface area contributed by atoms with Crippen LogP contribution in [0.4, 0.5) is 11.4 Å². The highest BCUT2D eigenvalue weighted by atomic mass is 16.6. The number of hydrogen-bond acceptors (Lipinski definition) is 5. The Morgan fingerprint density at radius 3 is 2.79 bits per heavy atom. The van der Waals surface area contributed by atoms with E-state index in [0.29, 0.717) is 5.75 Å². The van der Waals surface area contributed by atoms with Gasteiger partial charge >= 0.3 is 0 Å². The lowest BCUT2D eigenvalue weighted by atomic mass is 10.2. The number of nitrogens with two attached hydrogens (primary N) is 1. The maximum atomic E-state index is 10.3. The van der Waals surface area contributed by atoms with Crippen molar-refractivity contribution in [2.75, 3.05) is 18.9 Å². The fourth-order valence-corrected chi connectivity index (χ4v) is 0.936. The van der Waals surface area contributed by atoms with Crippen molar-refractivity contribution >= 4 is 11.4 Å². The molecule has 1 aromatic rings. The number of nitrogen functional groups attached to an aromatic ring is 1. The second-order valence-electron chi connectivity index (χ2n) is 2.55. The molecular weight excluding hydrogens is 188 g/mol. The van der Waals surface area contributed by atoms with Crippen LogP contribution in [-0.4, -0.2) is 23.2 Å². The van der Waals surface area contributed by atoms with E-state index in [2.05, 4.69) is 0 Å². The highest BCUT2D eigenvalue weighted by Crippen LogP contribution is 2.25. The Balaban J connectivity index is 2.84. The summed E-state index contributed by atoms with van der Waals surface area (Å²) in [6, 6.07) is 3.92. The summed E-state index contributed by atoms with van der Waals surface area (Å²) in [5, 5.41) is 18.8. The Morgan fingerprint density at radius 1 is 1.57 bits per heavy atom. The molecule has 76 valence electrons. The lowest BCUT2D eigenvalue weighted by Gasteiger charge is -2.06. The topological polar surface area (TPSA) is 98.6 Å². The molecule has 0 aromatic heterocycles. The van der Waals surface area contributed by atoms with Gasteiger partial charge in [-0.05, 0) is 6.07 Å². The molecule has 3 N–H and O–H groups in total. The summed E-state index contributed by atoms with van der Waals surface area (Å²) in [6.07, 6.45) is 0. The summed E-state index contributed by atoms with van der Waals surface area (Å²) in [6.45, 7) is -0.0154. The van der Waals surface area contributed by atoms with E-state index in [1.807, 2.05) is 0 Å². The molecule has 1 aromatic carbocycles. The molecule has 6 heteroatoms. The standard InChI is InChI=1S/C8H10N2O4/c9-7-5-6(10(12)13)1-2-8(7)14-4-3-11/h1-2,5,11H,3-4,9H2. The average molecular weight is 198 g/mol. The highest BCUT2D eigenvalue weighted by Gasteiger charge is 2.08. The van der Waals surface area contributed by atoms with Crippen molar-refractivity contribution < 1.29 is 14.8 Å². The van der Waals surface area contributed by atoms with Gasteiger partial charge < -0.3 is 15.6 Å². The van der Waals surface area contributed by atoms with Crippen LogP contribution in [-0.2, 0) is 0 Å². The second-order valence-corrected chi connectivity index (χ2v) is 2.55. The monoisotopic (exact) mass is 198 g/mol. The van der Waals surface area contributed by atoms with Crippen LogP contribution in [0.25, 0.3) is 0 Å². The molecule has 0 saturated heterocycles. The number of nitro benzene ring substituents is 1. The second kappa shape index (κ2) is 4.43. The van der Waals surface area contributed by atoms with Crippen molar-refractivity contribution in [1.29, 1.82) is 0 Å². The molecule has 0 aliphatic heterocycles. The molecule has 0 radical (unpaired) electrons. The van der Waals surface area contributed by atoms with Crippen LogP contribution in [0.1, 0.15) is 0 Å². The summed E-state index contributed by atoms with van der Waals surface area (Å²) < 4.78 is 5.02. The van der Waals surface area contributed by atoms with Gasteiger partial charge in [0.05, 0.1) is 17.2 Å². The third-order valence-corrected chi connectivity index (χ3v) is 1.55. The third-order valence-electron chi connectivity index (χ3n) is 1.55. The molecule has 0 aliphatic rings. The number of ether oxygens (including phenoxy) is 1. The van der Waals surface area contributed by atoms with Crippen LogP contribution in [0.3, 0.4) is 0 Å². The summed E-state index contributed by atoms with van der Waals surface area (Å²) in [4.78, 5) is 9.81. The number of nitro groups is 1. The lowest BCUT2D eigenvalue weighted by Crippen LogP contribution is -2.04. The highest BCUT2D eigenvalue weighted by molar-refractivity contribution is 5.58. The number of anilines is 1. The van der Waals surface area contributed by atoms with Gasteiger partial charge in [-0.15, -0.1) is 0 Å². The summed E-state index contributed by atoms with van der Waals surface area (Å²) >= 11 is 0. The van der Waals surface area contributed by atoms with Crippen molar-refractivity contribution in [2.24, 2.45) is 0 Å². The zero-order valence-corrected chi connectivity index (χ0v) is 7.34. The number of hydrogen-bond donors (Lipinski definition) is 2. The van der Waals surface area contributed by atoms with Gasteiger partial charge in [-0.1, -0.05) is 0 Å². The van der Waals surface area contributed by atoms with Gasteiger partial charge in [0, 0.05) is 12.1 Å². The van der Waals surface area contributed by atoms with Crippen LogP contribution < -0.4 is 10.5 Å². The van der Waals surface area contributed by atoms with Crippen molar-refractivity contribution in [3.8, 4) is 5.75 Å². The van der Waals surface area contributed by atoms with E-state index < -0.39 is 4.92 Å². The van der Waals surface area contributed by atoms with Crippen molar-refractivity contribution in [1.82, 2.24) is 0 Å². The molecule has 6 nitrogen and oxygen atoms in total. The van der Waals surface area contributed by atoms with E-state index in [-0.39, 0.29) is 24.6 Å². The molecule has 1 rings (SSSR count). The first kappa shape index (κ1) is 10.3. The molecule has 0 unspecified atom stereocenters. The quantitative estimate of drug-likeness (QED) is 0.418. The first-order chi connectivity index (χ1) is 6.65. The zero-order chi connectivity index (χ0) is 10.6.